The number of hydrogen-bond donors (Lipinski definition) is 0. The molecule has 0 saturated carbocycles. The van der Waals surface area contributed by atoms with Crippen molar-refractivity contribution in [3.63, 3.8) is 0 Å². The Morgan fingerprint density at radius 2 is 2.29 bits per heavy atom. The van der Waals surface area contributed by atoms with Crippen molar-refractivity contribution in [2.45, 2.75) is 6.61 Å². The first-order chi connectivity index (χ1) is 6.84. The Morgan fingerprint density at radius 3 is 2.93 bits per heavy atom. The number of nitrogens with zero attached hydrogens (tertiary/aromatic N) is 2. The van der Waals surface area contributed by atoms with Gasteiger partial charge >= 0.3 is 0 Å². The van der Waals surface area contributed by atoms with Gasteiger partial charge in [-0.25, -0.2) is 9.97 Å². The highest BCUT2D eigenvalue weighted by Gasteiger charge is 1.98. The monoisotopic (exact) mass is 226 g/mol. The summed E-state index contributed by atoms with van der Waals surface area (Å²) in [6.07, 6.45) is 2.97. The third kappa shape index (κ3) is 2.43. The largest absolute Gasteiger partial charge is 0.471 e. The molecule has 2 aromatic heterocycles. The lowest BCUT2D eigenvalue weighted by Crippen LogP contribution is -1.95. The number of thiophene rings is 1. The van der Waals surface area contributed by atoms with Crippen molar-refractivity contribution < 1.29 is 4.74 Å². The molecule has 0 N–H and O–H groups in total. The molecule has 0 aromatic carbocycles. The topological polar surface area (TPSA) is 35.0 Å². The highest BCUT2D eigenvalue weighted by atomic mass is 35.5. The van der Waals surface area contributed by atoms with E-state index < -0.39 is 0 Å². The van der Waals surface area contributed by atoms with E-state index in [4.69, 9.17) is 16.3 Å². The molecule has 2 rings (SSSR count). The maximum absolute atomic E-state index is 5.58. The van der Waals surface area contributed by atoms with E-state index in [1.165, 1.54) is 12.4 Å². The van der Waals surface area contributed by atoms with Gasteiger partial charge < -0.3 is 4.74 Å². The van der Waals surface area contributed by atoms with E-state index in [0.29, 0.717) is 17.6 Å². The van der Waals surface area contributed by atoms with Crippen molar-refractivity contribution in [2.24, 2.45) is 0 Å². The molecule has 2 aromatic rings. The molecule has 5 heteroatoms. The lowest BCUT2D eigenvalue weighted by Gasteiger charge is -2.01. The Labute approximate surface area is 90.3 Å². The van der Waals surface area contributed by atoms with Gasteiger partial charge in [-0.2, -0.15) is 0 Å². The smallest absolute Gasteiger partial charge is 0.232 e. The normalized spacial score (nSPS) is 10.1. The third-order valence-electron chi connectivity index (χ3n) is 1.54. The quantitative estimate of drug-likeness (QED) is 0.807. The van der Waals surface area contributed by atoms with Crippen LogP contribution in [0.5, 0.6) is 5.88 Å². The molecule has 3 nitrogen and oxygen atoms in total. The van der Waals surface area contributed by atoms with E-state index in [9.17, 15) is 0 Å². The molecule has 0 fully saturated rings. The van der Waals surface area contributed by atoms with Gasteiger partial charge in [-0.15, -0.1) is 11.3 Å². The van der Waals surface area contributed by atoms with E-state index in [1.54, 1.807) is 11.3 Å². The summed E-state index contributed by atoms with van der Waals surface area (Å²) in [5.74, 6) is 0.489. The summed E-state index contributed by atoms with van der Waals surface area (Å²) < 4.78 is 5.38. The Hall–Kier alpha value is -1.13. The van der Waals surface area contributed by atoms with Crippen LogP contribution in [0.2, 0.25) is 5.15 Å². The van der Waals surface area contributed by atoms with Crippen molar-refractivity contribution in [3.8, 4) is 5.88 Å². The highest BCUT2D eigenvalue weighted by molar-refractivity contribution is 7.09. The second-order valence-electron chi connectivity index (χ2n) is 2.55. The molecule has 0 spiro atoms. The first-order valence-corrected chi connectivity index (χ1v) is 5.23. The highest BCUT2D eigenvalue weighted by Crippen LogP contribution is 2.13. The Kier molecular flexibility index (Phi) is 2.96. The summed E-state index contributed by atoms with van der Waals surface area (Å²) in [5.41, 5.74) is 0. The lowest BCUT2D eigenvalue weighted by molar-refractivity contribution is 0.296. The maximum Gasteiger partial charge on any atom is 0.232 e. The van der Waals surface area contributed by atoms with Gasteiger partial charge in [0.25, 0.3) is 0 Å². The predicted octanol–water partition coefficient (Wildman–Crippen LogP) is 2.77. The second-order valence-corrected chi connectivity index (χ2v) is 3.96. The standard InChI is InChI=1S/C9H7ClN2OS/c10-8-4-12-9(5-11-8)13-6-7-2-1-3-14-7/h1-5H,6H2. The first kappa shape index (κ1) is 9.43. The number of halogens is 1. The first-order valence-electron chi connectivity index (χ1n) is 3.97. The molecule has 0 atom stereocenters. The van der Waals surface area contributed by atoms with Gasteiger partial charge in [-0.1, -0.05) is 17.7 Å². The zero-order valence-corrected chi connectivity index (χ0v) is 8.76. The Morgan fingerprint density at radius 1 is 1.36 bits per heavy atom. The van der Waals surface area contributed by atoms with Crippen LogP contribution in [0, 0.1) is 0 Å². The zero-order chi connectivity index (χ0) is 9.80. The summed E-state index contributed by atoms with van der Waals surface area (Å²) >= 11 is 7.23. The summed E-state index contributed by atoms with van der Waals surface area (Å²) in [6.45, 7) is 0.522. The second kappa shape index (κ2) is 4.39. The van der Waals surface area contributed by atoms with E-state index in [0.717, 1.165) is 4.88 Å². The van der Waals surface area contributed by atoms with Crippen molar-refractivity contribution in [2.75, 3.05) is 0 Å². The van der Waals surface area contributed by atoms with Gasteiger partial charge in [0.1, 0.15) is 11.8 Å². The average Bonchev–Trinajstić information content (AvgIpc) is 2.70. The third-order valence-corrected chi connectivity index (χ3v) is 2.58. The van der Waals surface area contributed by atoms with E-state index in [1.807, 2.05) is 17.5 Å². The van der Waals surface area contributed by atoms with E-state index in [2.05, 4.69) is 9.97 Å². The van der Waals surface area contributed by atoms with Crippen molar-refractivity contribution in [1.29, 1.82) is 0 Å². The van der Waals surface area contributed by atoms with Crippen LogP contribution in [0.4, 0.5) is 0 Å². The van der Waals surface area contributed by atoms with Gasteiger partial charge in [0.05, 0.1) is 12.4 Å². The summed E-state index contributed by atoms with van der Waals surface area (Å²) in [4.78, 5) is 8.98. The minimum Gasteiger partial charge on any atom is -0.471 e. The number of ether oxygens (including phenoxy) is 1. The fraction of sp³-hybridized carbons (Fsp3) is 0.111. The molecular formula is C9H7ClN2OS. The van der Waals surface area contributed by atoms with Crippen LogP contribution in [0.15, 0.2) is 29.9 Å². The molecule has 0 aliphatic carbocycles. The molecule has 0 bridgehead atoms. The molecule has 0 amide bonds. The van der Waals surface area contributed by atoms with Crippen LogP contribution in [0.1, 0.15) is 4.88 Å². The van der Waals surface area contributed by atoms with E-state index in [-0.39, 0.29) is 0 Å². The van der Waals surface area contributed by atoms with Crippen LogP contribution in [-0.4, -0.2) is 9.97 Å². The van der Waals surface area contributed by atoms with Crippen LogP contribution >= 0.6 is 22.9 Å². The molecule has 0 unspecified atom stereocenters. The Bertz CT molecular complexity index is 388. The fourth-order valence-electron chi connectivity index (χ4n) is 0.915. The zero-order valence-electron chi connectivity index (χ0n) is 7.18. The molecule has 2 heterocycles. The molecule has 0 aliphatic rings. The molecule has 14 heavy (non-hydrogen) atoms. The summed E-state index contributed by atoms with van der Waals surface area (Å²) in [6, 6.07) is 3.99. The number of aromatic nitrogens is 2. The molecule has 0 aliphatic heterocycles. The van der Waals surface area contributed by atoms with Gasteiger partial charge in [-0.05, 0) is 11.4 Å². The van der Waals surface area contributed by atoms with Crippen molar-refractivity contribution in [3.05, 3.63) is 39.9 Å². The molecule has 0 radical (unpaired) electrons. The van der Waals surface area contributed by atoms with E-state index >= 15 is 0 Å². The van der Waals surface area contributed by atoms with Gasteiger partial charge in [0.2, 0.25) is 5.88 Å². The minimum atomic E-state index is 0.369. The Balaban J connectivity index is 1.95. The summed E-state index contributed by atoms with van der Waals surface area (Å²) in [7, 11) is 0. The molecule has 0 saturated heterocycles. The molecular weight excluding hydrogens is 220 g/mol. The SMILES string of the molecule is Clc1cnc(OCc2cccs2)cn1. The average molecular weight is 227 g/mol. The predicted molar refractivity (Wildman–Crippen MR) is 55.7 cm³/mol. The maximum atomic E-state index is 5.58. The van der Waals surface area contributed by atoms with Crippen LogP contribution in [0.25, 0.3) is 0 Å². The van der Waals surface area contributed by atoms with Gasteiger partial charge in [0, 0.05) is 4.88 Å². The van der Waals surface area contributed by atoms with Crippen molar-refractivity contribution in [1.82, 2.24) is 9.97 Å². The van der Waals surface area contributed by atoms with Crippen LogP contribution < -0.4 is 4.74 Å². The van der Waals surface area contributed by atoms with Crippen LogP contribution in [-0.2, 0) is 6.61 Å². The van der Waals surface area contributed by atoms with Crippen molar-refractivity contribution >= 4 is 22.9 Å². The summed E-state index contributed by atoms with van der Waals surface area (Å²) in [5, 5.41) is 2.38. The fourth-order valence-corrected chi connectivity index (χ4v) is 1.63. The van der Waals surface area contributed by atoms with Crippen LogP contribution in [0.3, 0.4) is 0 Å². The lowest BCUT2D eigenvalue weighted by atomic mass is 10.5. The van der Waals surface area contributed by atoms with Gasteiger partial charge in [0.15, 0.2) is 0 Å². The number of rotatable bonds is 3. The van der Waals surface area contributed by atoms with Gasteiger partial charge in [-0.3, -0.25) is 0 Å². The number of hydrogen-bond acceptors (Lipinski definition) is 4. The minimum absolute atomic E-state index is 0.369. The molecule has 72 valence electrons.